The normalized spacial score (nSPS) is 10.8. The number of fused-ring (bicyclic) bond motifs is 1. The lowest BCUT2D eigenvalue weighted by molar-refractivity contribution is 0.791. The van der Waals surface area contributed by atoms with Gasteiger partial charge in [0.15, 0.2) is 11.5 Å². The third-order valence-corrected chi connectivity index (χ3v) is 2.30. The second kappa shape index (κ2) is 3.37. The fraction of sp³-hybridized carbons (Fsp3) is 0.0909. The maximum absolute atomic E-state index is 4.39. The maximum atomic E-state index is 4.39. The molecule has 0 aliphatic heterocycles. The largest absolute Gasteiger partial charge is 0.235 e. The van der Waals surface area contributed by atoms with Crippen molar-refractivity contribution in [1.29, 1.82) is 0 Å². The van der Waals surface area contributed by atoms with Gasteiger partial charge in [0, 0.05) is 11.9 Å². The highest BCUT2D eigenvalue weighted by atomic mass is 15.5. The van der Waals surface area contributed by atoms with E-state index in [4.69, 9.17) is 0 Å². The quantitative estimate of drug-likeness (QED) is 0.612. The summed E-state index contributed by atoms with van der Waals surface area (Å²) in [6.07, 6.45) is 1.72. The number of rotatable bonds is 1. The highest BCUT2D eigenvalue weighted by molar-refractivity contribution is 5.70. The lowest BCUT2D eigenvalue weighted by Gasteiger charge is -2.00. The third kappa shape index (κ3) is 1.33. The Morgan fingerprint density at radius 2 is 2.06 bits per heavy atom. The molecular weight excluding hydrogens is 202 g/mol. The van der Waals surface area contributed by atoms with Gasteiger partial charge in [0.05, 0.1) is 0 Å². The van der Waals surface area contributed by atoms with Crippen molar-refractivity contribution in [3.8, 4) is 5.82 Å². The maximum Gasteiger partial charge on any atom is 0.185 e. The standard InChI is InChI=1S/C11H9N5/c1-8-4-2-6-10(13-8)16-11-9(14-15-16)5-3-7-12-11/h2-7H,1H3. The summed E-state index contributed by atoms with van der Waals surface area (Å²) in [5.74, 6) is 0.737. The average Bonchev–Trinajstić information content (AvgIpc) is 2.72. The van der Waals surface area contributed by atoms with Crippen LogP contribution in [0.1, 0.15) is 5.69 Å². The summed E-state index contributed by atoms with van der Waals surface area (Å²) in [6.45, 7) is 1.94. The fourth-order valence-corrected chi connectivity index (χ4v) is 1.57. The Morgan fingerprint density at radius 3 is 2.94 bits per heavy atom. The van der Waals surface area contributed by atoms with Crippen LogP contribution in [-0.2, 0) is 0 Å². The molecule has 0 radical (unpaired) electrons. The van der Waals surface area contributed by atoms with E-state index in [1.165, 1.54) is 0 Å². The Morgan fingerprint density at radius 1 is 1.12 bits per heavy atom. The van der Waals surface area contributed by atoms with Crippen molar-refractivity contribution >= 4 is 11.2 Å². The molecule has 0 spiro atoms. The summed E-state index contributed by atoms with van der Waals surface area (Å²) >= 11 is 0. The van der Waals surface area contributed by atoms with Crippen LogP contribution in [0.3, 0.4) is 0 Å². The van der Waals surface area contributed by atoms with Crippen LogP contribution in [0, 0.1) is 6.92 Å². The predicted octanol–water partition coefficient (Wildman–Crippen LogP) is 1.52. The van der Waals surface area contributed by atoms with E-state index in [1.807, 2.05) is 37.3 Å². The van der Waals surface area contributed by atoms with E-state index in [0.29, 0.717) is 0 Å². The molecule has 0 saturated heterocycles. The monoisotopic (exact) mass is 211 g/mol. The highest BCUT2D eigenvalue weighted by Gasteiger charge is 2.07. The van der Waals surface area contributed by atoms with E-state index in [0.717, 1.165) is 22.7 Å². The smallest absolute Gasteiger partial charge is 0.185 e. The SMILES string of the molecule is Cc1cccc(-n2nnc3cccnc32)n1. The van der Waals surface area contributed by atoms with Gasteiger partial charge in [0.1, 0.15) is 5.52 Å². The molecule has 5 heteroatoms. The Balaban J connectivity index is 2.26. The van der Waals surface area contributed by atoms with Crippen molar-refractivity contribution in [2.24, 2.45) is 0 Å². The summed E-state index contributed by atoms with van der Waals surface area (Å²) < 4.78 is 1.64. The van der Waals surface area contributed by atoms with Crippen molar-refractivity contribution in [3.05, 3.63) is 42.2 Å². The number of hydrogen-bond donors (Lipinski definition) is 0. The fourth-order valence-electron chi connectivity index (χ4n) is 1.57. The molecule has 3 aromatic heterocycles. The number of pyridine rings is 2. The van der Waals surface area contributed by atoms with Crippen molar-refractivity contribution in [2.45, 2.75) is 6.92 Å². The van der Waals surface area contributed by atoms with Crippen molar-refractivity contribution < 1.29 is 0 Å². The topological polar surface area (TPSA) is 56.5 Å². The first-order valence-corrected chi connectivity index (χ1v) is 4.95. The van der Waals surface area contributed by atoms with Gasteiger partial charge in [-0.1, -0.05) is 11.3 Å². The van der Waals surface area contributed by atoms with Crippen LogP contribution >= 0.6 is 0 Å². The van der Waals surface area contributed by atoms with Gasteiger partial charge in [0.25, 0.3) is 0 Å². The molecule has 3 rings (SSSR count). The molecule has 0 amide bonds. The first-order chi connectivity index (χ1) is 7.84. The third-order valence-electron chi connectivity index (χ3n) is 2.30. The summed E-state index contributed by atoms with van der Waals surface area (Å²) in [5.41, 5.74) is 2.43. The van der Waals surface area contributed by atoms with E-state index < -0.39 is 0 Å². The van der Waals surface area contributed by atoms with Gasteiger partial charge in [-0.15, -0.1) is 5.10 Å². The second-order valence-electron chi connectivity index (χ2n) is 3.48. The van der Waals surface area contributed by atoms with Crippen molar-refractivity contribution in [1.82, 2.24) is 25.0 Å². The molecule has 0 unspecified atom stereocenters. The summed E-state index contributed by atoms with van der Waals surface area (Å²) in [7, 11) is 0. The molecular formula is C11H9N5. The lowest BCUT2D eigenvalue weighted by Crippen LogP contribution is -2.01. The van der Waals surface area contributed by atoms with E-state index in [2.05, 4.69) is 20.3 Å². The van der Waals surface area contributed by atoms with Crippen molar-refractivity contribution in [3.63, 3.8) is 0 Å². The predicted molar refractivity (Wildman–Crippen MR) is 59.2 cm³/mol. The van der Waals surface area contributed by atoms with E-state index in [1.54, 1.807) is 10.9 Å². The Kier molecular flexibility index (Phi) is 1.89. The molecule has 3 aromatic rings. The second-order valence-corrected chi connectivity index (χ2v) is 3.48. The molecule has 0 aromatic carbocycles. The summed E-state index contributed by atoms with van der Waals surface area (Å²) in [5, 5.41) is 8.08. The summed E-state index contributed by atoms with van der Waals surface area (Å²) in [4.78, 5) is 8.63. The zero-order chi connectivity index (χ0) is 11.0. The Bertz CT molecular complexity index is 643. The van der Waals surface area contributed by atoms with Crippen LogP contribution in [0.2, 0.25) is 0 Å². The molecule has 3 heterocycles. The molecule has 0 atom stereocenters. The van der Waals surface area contributed by atoms with Gasteiger partial charge in [-0.05, 0) is 31.2 Å². The van der Waals surface area contributed by atoms with E-state index in [-0.39, 0.29) is 0 Å². The van der Waals surface area contributed by atoms with Crippen LogP contribution in [0.5, 0.6) is 0 Å². The first kappa shape index (κ1) is 8.96. The van der Waals surface area contributed by atoms with Gasteiger partial charge in [-0.2, -0.15) is 4.68 Å². The molecule has 0 bridgehead atoms. The van der Waals surface area contributed by atoms with Crippen LogP contribution in [-0.4, -0.2) is 25.0 Å². The zero-order valence-corrected chi connectivity index (χ0v) is 8.70. The number of aromatic nitrogens is 5. The van der Waals surface area contributed by atoms with Crippen LogP contribution in [0.4, 0.5) is 0 Å². The van der Waals surface area contributed by atoms with E-state index in [9.17, 15) is 0 Å². The van der Waals surface area contributed by atoms with Gasteiger partial charge < -0.3 is 0 Å². The molecule has 0 N–H and O–H groups in total. The number of hydrogen-bond acceptors (Lipinski definition) is 4. The molecule has 5 nitrogen and oxygen atoms in total. The molecule has 0 saturated carbocycles. The molecule has 78 valence electrons. The van der Waals surface area contributed by atoms with Gasteiger partial charge in [-0.25, -0.2) is 9.97 Å². The first-order valence-electron chi connectivity index (χ1n) is 4.95. The lowest BCUT2D eigenvalue weighted by atomic mass is 10.4. The number of nitrogens with zero attached hydrogens (tertiary/aromatic N) is 5. The summed E-state index contributed by atoms with van der Waals surface area (Å²) in [6, 6.07) is 9.48. The van der Waals surface area contributed by atoms with Crippen molar-refractivity contribution in [2.75, 3.05) is 0 Å². The van der Waals surface area contributed by atoms with Gasteiger partial charge >= 0.3 is 0 Å². The Labute approximate surface area is 91.8 Å². The highest BCUT2D eigenvalue weighted by Crippen LogP contribution is 2.11. The molecule has 16 heavy (non-hydrogen) atoms. The Hall–Kier alpha value is -2.30. The van der Waals surface area contributed by atoms with E-state index >= 15 is 0 Å². The van der Waals surface area contributed by atoms with Crippen LogP contribution in [0.25, 0.3) is 17.0 Å². The minimum absolute atomic E-state index is 0.723. The minimum atomic E-state index is 0.723. The molecule has 0 aliphatic rings. The van der Waals surface area contributed by atoms with Crippen LogP contribution in [0.15, 0.2) is 36.5 Å². The average molecular weight is 211 g/mol. The van der Waals surface area contributed by atoms with Gasteiger partial charge in [0.2, 0.25) is 0 Å². The zero-order valence-electron chi connectivity index (χ0n) is 8.70. The minimum Gasteiger partial charge on any atom is -0.235 e. The number of aryl methyl sites for hydroxylation is 1. The molecule has 0 fully saturated rings. The van der Waals surface area contributed by atoms with Gasteiger partial charge in [-0.3, -0.25) is 0 Å². The molecule has 0 aliphatic carbocycles. The van der Waals surface area contributed by atoms with Crippen LogP contribution < -0.4 is 0 Å².